The fourth-order valence-corrected chi connectivity index (χ4v) is 2.74. The van der Waals surface area contributed by atoms with Crippen molar-refractivity contribution in [2.24, 2.45) is 0 Å². The van der Waals surface area contributed by atoms with E-state index in [4.69, 9.17) is 11.6 Å². The Balaban J connectivity index is 1.66. The minimum atomic E-state index is -0.205. The first kappa shape index (κ1) is 15.7. The molecular formula is C16H12BrClN4O. The topological polar surface area (TPSA) is 59.8 Å². The molecule has 7 heteroatoms. The molecule has 0 saturated carbocycles. The van der Waals surface area contributed by atoms with Gasteiger partial charge in [-0.05, 0) is 35.9 Å². The molecule has 0 radical (unpaired) electrons. The lowest BCUT2D eigenvalue weighted by atomic mass is 10.2. The summed E-state index contributed by atoms with van der Waals surface area (Å²) in [6.07, 6.45) is 4.98. The Bertz CT molecular complexity index is 819. The minimum absolute atomic E-state index is 0.205. The number of halogens is 2. The molecule has 2 heterocycles. The maximum Gasteiger partial charge on any atom is 0.253 e. The van der Waals surface area contributed by atoms with Crippen LogP contribution < -0.4 is 5.32 Å². The molecule has 0 fully saturated rings. The third kappa shape index (κ3) is 3.78. The van der Waals surface area contributed by atoms with Crippen LogP contribution in [0.3, 0.4) is 0 Å². The van der Waals surface area contributed by atoms with E-state index in [0.717, 1.165) is 10.0 Å². The van der Waals surface area contributed by atoms with Crippen LogP contribution in [0.25, 0.3) is 5.82 Å². The van der Waals surface area contributed by atoms with E-state index in [0.29, 0.717) is 22.9 Å². The van der Waals surface area contributed by atoms with E-state index in [9.17, 15) is 4.79 Å². The molecule has 0 unspecified atom stereocenters. The number of pyridine rings is 1. The van der Waals surface area contributed by atoms with Gasteiger partial charge in [0.15, 0.2) is 5.82 Å². The number of hydrogen-bond acceptors (Lipinski definition) is 3. The van der Waals surface area contributed by atoms with Crippen molar-refractivity contribution in [1.82, 2.24) is 20.1 Å². The first-order valence-electron chi connectivity index (χ1n) is 6.82. The van der Waals surface area contributed by atoms with Gasteiger partial charge in [0.2, 0.25) is 0 Å². The van der Waals surface area contributed by atoms with E-state index in [2.05, 4.69) is 31.3 Å². The maximum absolute atomic E-state index is 12.2. The summed E-state index contributed by atoms with van der Waals surface area (Å²) in [7, 11) is 0. The van der Waals surface area contributed by atoms with Gasteiger partial charge in [0.05, 0.1) is 5.56 Å². The van der Waals surface area contributed by atoms with Gasteiger partial charge in [-0.2, -0.15) is 5.10 Å². The molecule has 5 nitrogen and oxygen atoms in total. The highest BCUT2D eigenvalue weighted by Crippen LogP contribution is 2.21. The van der Waals surface area contributed by atoms with Crippen LogP contribution in [0.5, 0.6) is 0 Å². The number of amides is 1. The SMILES string of the molecule is O=C(NCc1ccc(Br)cc1Cl)c1ccc(-n2cccn2)nc1. The smallest absolute Gasteiger partial charge is 0.253 e. The molecule has 23 heavy (non-hydrogen) atoms. The van der Waals surface area contributed by atoms with Crippen LogP contribution in [-0.4, -0.2) is 20.7 Å². The van der Waals surface area contributed by atoms with Gasteiger partial charge in [-0.25, -0.2) is 9.67 Å². The number of carbonyl (C=O) groups is 1. The van der Waals surface area contributed by atoms with Gasteiger partial charge >= 0.3 is 0 Å². The molecule has 1 amide bonds. The second-order valence-corrected chi connectivity index (χ2v) is 6.10. The molecule has 0 aliphatic heterocycles. The number of hydrogen-bond donors (Lipinski definition) is 1. The summed E-state index contributed by atoms with van der Waals surface area (Å²) in [6.45, 7) is 0.353. The molecule has 0 saturated heterocycles. The standard InChI is InChI=1S/C16H12BrClN4O/c17-13-4-2-11(14(18)8-13)9-20-16(23)12-3-5-15(19-10-12)22-7-1-6-21-22/h1-8,10H,9H2,(H,20,23). The average Bonchev–Trinajstić information content (AvgIpc) is 3.08. The summed E-state index contributed by atoms with van der Waals surface area (Å²) < 4.78 is 2.53. The second kappa shape index (κ2) is 6.93. The van der Waals surface area contributed by atoms with Crippen LogP contribution in [0.4, 0.5) is 0 Å². The van der Waals surface area contributed by atoms with E-state index >= 15 is 0 Å². The van der Waals surface area contributed by atoms with Crippen molar-refractivity contribution in [2.75, 3.05) is 0 Å². The summed E-state index contributed by atoms with van der Waals surface area (Å²) in [5, 5.41) is 7.52. The zero-order valence-corrected chi connectivity index (χ0v) is 14.3. The van der Waals surface area contributed by atoms with Crippen molar-refractivity contribution in [3.63, 3.8) is 0 Å². The molecule has 3 rings (SSSR count). The van der Waals surface area contributed by atoms with E-state index in [1.54, 1.807) is 35.3 Å². The number of carbonyl (C=O) groups excluding carboxylic acids is 1. The fourth-order valence-electron chi connectivity index (χ4n) is 2.00. The molecule has 0 spiro atoms. The quantitative estimate of drug-likeness (QED) is 0.739. The Kier molecular flexibility index (Phi) is 4.73. The van der Waals surface area contributed by atoms with Gasteiger partial charge in [-0.3, -0.25) is 4.79 Å². The molecule has 116 valence electrons. The van der Waals surface area contributed by atoms with Crippen LogP contribution in [0.2, 0.25) is 5.02 Å². The number of rotatable bonds is 4. The van der Waals surface area contributed by atoms with Crippen molar-refractivity contribution in [3.8, 4) is 5.82 Å². The zero-order chi connectivity index (χ0) is 16.2. The number of benzene rings is 1. The third-order valence-corrected chi connectivity index (χ3v) is 4.05. The number of nitrogens with one attached hydrogen (secondary N) is 1. The van der Waals surface area contributed by atoms with E-state index < -0.39 is 0 Å². The Labute approximate surface area is 146 Å². The molecule has 1 aromatic carbocycles. The molecular weight excluding hydrogens is 380 g/mol. The van der Waals surface area contributed by atoms with Crippen molar-refractivity contribution in [3.05, 3.63) is 75.6 Å². The fraction of sp³-hybridized carbons (Fsp3) is 0.0625. The average molecular weight is 392 g/mol. The highest BCUT2D eigenvalue weighted by Gasteiger charge is 2.08. The molecule has 3 aromatic rings. The van der Waals surface area contributed by atoms with Crippen LogP contribution in [0.15, 0.2) is 59.5 Å². The lowest BCUT2D eigenvalue weighted by Gasteiger charge is -2.08. The lowest BCUT2D eigenvalue weighted by molar-refractivity contribution is 0.0950. The van der Waals surface area contributed by atoms with Gasteiger partial charge in [-0.15, -0.1) is 0 Å². The molecule has 1 N–H and O–H groups in total. The van der Waals surface area contributed by atoms with Gasteiger partial charge in [-0.1, -0.05) is 33.6 Å². The van der Waals surface area contributed by atoms with Gasteiger partial charge in [0, 0.05) is 34.6 Å². The first-order valence-corrected chi connectivity index (χ1v) is 7.99. The highest BCUT2D eigenvalue weighted by atomic mass is 79.9. The molecule has 0 atom stereocenters. The zero-order valence-electron chi connectivity index (χ0n) is 11.9. The first-order chi connectivity index (χ1) is 11.1. The second-order valence-electron chi connectivity index (χ2n) is 4.77. The van der Waals surface area contributed by atoms with Crippen molar-refractivity contribution >= 4 is 33.4 Å². The van der Waals surface area contributed by atoms with E-state index in [1.807, 2.05) is 18.2 Å². The molecule has 0 aliphatic rings. The summed E-state index contributed by atoms with van der Waals surface area (Å²) in [5.41, 5.74) is 1.33. The largest absolute Gasteiger partial charge is 0.348 e. The third-order valence-electron chi connectivity index (χ3n) is 3.20. The lowest BCUT2D eigenvalue weighted by Crippen LogP contribution is -2.23. The summed E-state index contributed by atoms with van der Waals surface area (Å²) in [4.78, 5) is 16.4. The van der Waals surface area contributed by atoms with Crippen LogP contribution in [0, 0.1) is 0 Å². The Hall–Kier alpha value is -2.18. The van der Waals surface area contributed by atoms with Crippen LogP contribution in [0.1, 0.15) is 15.9 Å². The number of nitrogens with zero attached hydrogens (tertiary/aromatic N) is 3. The normalized spacial score (nSPS) is 10.5. The number of aromatic nitrogens is 3. The van der Waals surface area contributed by atoms with Crippen molar-refractivity contribution in [2.45, 2.75) is 6.54 Å². The maximum atomic E-state index is 12.2. The Morgan fingerprint density at radius 1 is 1.30 bits per heavy atom. The Morgan fingerprint density at radius 2 is 2.17 bits per heavy atom. The van der Waals surface area contributed by atoms with Gasteiger partial charge in [0.25, 0.3) is 5.91 Å². The Morgan fingerprint density at radius 3 is 2.83 bits per heavy atom. The molecule has 2 aromatic heterocycles. The summed E-state index contributed by atoms with van der Waals surface area (Å²) in [6, 6.07) is 10.8. The molecule has 0 bridgehead atoms. The van der Waals surface area contributed by atoms with Crippen LogP contribution in [-0.2, 0) is 6.54 Å². The van der Waals surface area contributed by atoms with E-state index in [1.165, 1.54) is 6.20 Å². The summed E-state index contributed by atoms with van der Waals surface area (Å²) in [5.74, 6) is 0.450. The summed E-state index contributed by atoms with van der Waals surface area (Å²) >= 11 is 9.48. The predicted molar refractivity (Wildman–Crippen MR) is 91.7 cm³/mol. The van der Waals surface area contributed by atoms with E-state index in [-0.39, 0.29) is 5.91 Å². The monoisotopic (exact) mass is 390 g/mol. The molecule has 0 aliphatic carbocycles. The predicted octanol–water partition coefficient (Wildman–Crippen LogP) is 3.61. The van der Waals surface area contributed by atoms with Gasteiger partial charge in [0.1, 0.15) is 0 Å². The minimum Gasteiger partial charge on any atom is -0.348 e. The van der Waals surface area contributed by atoms with Crippen LogP contribution >= 0.6 is 27.5 Å². The highest BCUT2D eigenvalue weighted by molar-refractivity contribution is 9.10. The van der Waals surface area contributed by atoms with Crippen molar-refractivity contribution in [1.29, 1.82) is 0 Å². The van der Waals surface area contributed by atoms with Crippen molar-refractivity contribution < 1.29 is 4.79 Å². The van der Waals surface area contributed by atoms with Gasteiger partial charge < -0.3 is 5.32 Å².